The highest BCUT2D eigenvalue weighted by Crippen LogP contribution is 2.44. The zero-order chi connectivity index (χ0) is 22.0. The smallest absolute Gasteiger partial charge is 0.407 e. The second kappa shape index (κ2) is 8.84. The molecule has 4 N–H and O–H groups in total. The van der Waals surface area contributed by atoms with Gasteiger partial charge in [0.25, 0.3) is 0 Å². The fourth-order valence-corrected chi connectivity index (χ4v) is 4.47. The van der Waals surface area contributed by atoms with Crippen LogP contribution in [-0.2, 0) is 4.74 Å². The molecule has 0 bridgehead atoms. The third-order valence-electron chi connectivity index (χ3n) is 5.16. The number of alkyl carbamates (subject to hydrolysis) is 1. The predicted octanol–water partition coefficient (Wildman–Crippen LogP) is 2.77. The van der Waals surface area contributed by atoms with Crippen molar-refractivity contribution in [3.8, 4) is 11.1 Å². The van der Waals surface area contributed by atoms with Crippen LogP contribution >= 0.6 is 11.3 Å². The Morgan fingerprint density at radius 1 is 1.06 bits per heavy atom. The summed E-state index contributed by atoms with van der Waals surface area (Å²) in [7, 11) is 0. The highest BCUT2D eigenvalue weighted by molar-refractivity contribution is 7.09. The average Bonchev–Trinajstić information content (AvgIpc) is 3.39. The van der Waals surface area contributed by atoms with Gasteiger partial charge in [-0.25, -0.2) is 14.6 Å². The maximum absolute atomic E-state index is 12.2. The molecule has 31 heavy (non-hydrogen) atoms. The first-order valence-electron chi connectivity index (χ1n) is 9.59. The van der Waals surface area contributed by atoms with Gasteiger partial charge in [0.15, 0.2) is 5.69 Å². The van der Waals surface area contributed by atoms with Crippen LogP contribution in [0.1, 0.15) is 38.6 Å². The number of amides is 1. The Morgan fingerprint density at radius 2 is 1.68 bits per heavy atom. The van der Waals surface area contributed by atoms with E-state index in [0.29, 0.717) is 0 Å². The predicted molar refractivity (Wildman–Crippen MR) is 113 cm³/mol. The number of carboxylic acids is 1. The number of fused-ring (bicyclic) bond motifs is 3. The van der Waals surface area contributed by atoms with Crippen molar-refractivity contribution in [1.82, 2.24) is 10.3 Å². The lowest BCUT2D eigenvalue weighted by molar-refractivity contribution is 0.0183. The maximum atomic E-state index is 12.2. The molecule has 2 aromatic carbocycles. The van der Waals surface area contributed by atoms with E-state index < -0.39 is 24.3 Å². The lowest BCUT2D eigenvalue weighted by atomic mass is 9.98. The zero-order valence-corrected chi connectivity index (χ0v) is 17.1. The number of ether oxygens (including phenoxy) is 1. The molecular formula is C22H20N2O6S. The van der Waals surface area contributed by atoms with Gasteiger partial charge < -0.3 is 25.4 Å². The SMILES string of the molecule is O=C(NCC(O)C(O)c1nc(C(=O)O)cs1)OCC1c2ccccc2-c2ccccc21. The molecule has 4 rings (SSSR count). The van der Waals surface area contributed by atoms with Gasteiger partial charge in [0.05, 0.1) is 0 Å². The number of aromatic carboxylic acids is 1. The van der Waals surface area contributed by atoms with Crippen molar-refractivity contribution in [2.45, 2.75) is 18.1 Å². The van der Waals surface area contributed by atoms with E-state index in [2.05, 4.69) is 10.3 Å². The van der Waals surface area contributed by atoms with Gasteiger partial charge in [0.2, 0.25) is 0 Å². The Morgan fingerprint density at radius 3 is 2.26 bits per heavy atom. The summed E-state index contributed by atoms with van der Waals surface area (Å²) in [5.74, 6) is -1.31. The van der Waals surface area contributed by atoms with E-state index in [4.69, 9.17) is 9.84 Å². The monoisotopic (exact) mass is 440 g/mol. The quantitative estimate of drug-likeness (QED) is 0.445. The summed E-state index contributed by atoms with van der Waals surface area (Å²) in [5.41, 5.74) is 4.20. The van der Waals surface area contributed by atoms with Crippen LogP contribution in [0.15, 0.2) is 53.9 Å². The molecule has 0 radical (unpaired) electrons. The molecule has 0 fully saturated rings. The van der Waals surface area contributed by atoms with Gasteiger partial charge in [-0.2, -0.15) is 0 Å². The molecule has 1 aliphatic rings. The Kier molecular flexibility index (Phi) is 5.99. The van der Waals surface area contributed by atoms with Gasteiger partial charge in [0, 0.05) is 17.8 Å². The number of benzene rings is 2. The molecule has 0 spiro atoms. The highest BCUT2D eigenvalue weighted by atomic mass is 32.1. The molecule has 0 saturated heterocycles. The minimum absolute atomic E-state index is 0.0548. The van der Waals surface area contributed by atoms with E-state index in [9.17, 15) is 19.8 Å². The van der Waals surface area contributed by atoms with E-state index in [1.54, 1.807) is 0 Å². The lowest BCUT2D eigenvalue weighted by Crippen LogP contribution is -2.36. The molecular weight excluding hydrogens is 420 g/mol. The summed E-state index contributed by atoms with van der Waals surface area (Å²) in [4.78, 5) is 26.8. The Bertz CT molecular complexity index is 1070. The van der Waals surface area contributed by atoms with Crippen LogP contribution in [0, 0.1) is 0 Å². The zero-order valence-electron chi connectivity index (χ0n) is 16.3. The van der Waals surface area contributed by atoms with Crippen molar-refractivity contribution in [3.05, 3.63) is 75.7 Å². The summed E-state index contributed by atoms with van der Waals surface area (Å²) < 4.78 is 5.38. The van der Waals surface area contributed by atoms with Gasteiger partial charge in [-0.3, -0.25) is 0 Å². The normalized spacial score (nSPS) is 14.4. The molecule has 9 heteroatoms. The summed E-state index contributed by atoms with van der Waals surface area (Å²) in [6.45, 7) is -0.146. The fourth-order valence-electron chi connectivity index (χ4n) is 3.64. The topological polar surface area (TPSA) is 129 Å². The van der Waals surface area contributed by atoms with E-state index >= 15 is 0 Å². The number of rotatable bonds is 7. The molecule has 8 nitrogen and oxygen atoms in total. The molecule has 1 amide bonds. The number of nitrogens with one attached hydrogen (secondary N) is 1. The third kappa shape index (κ3) is 4.29. The van der Waals surface area contributed by atoms with Crippen LogP contribution in [-0.4, -0.2) is 51.6 Å². The third-order valence-corrected chi connectivity index (χ3v) is 6.07. The lowest BCUT2D eigenvalue weighted by Gasteiger charge is -2.18. The maximum Gasteiger partial charge on any atom is 0.407 e. The van der Waals surface area contributed by atoms with Crippen LogP contribution in [0.2, 0.25) is 0 Å². The van der Waals surface area contributed by atoms with Crippen molar-refractivity contribution in [3.63, 3.8) is 0 Å². The van der Waals surface area contributed by atoms with E-state index in [-0.39, 0.29) is 29.8 Å². The first-order valence-corrected chi connectivity index (χ1v) is 10.5. The Balaban J connectivity index is 1.33. The number of aromatic nitrogens is 1. The molecule has 0 saturated carbocycles. The number of nitrogens with zero attached hydrogens (tertiary/aromatic N) is 1. The van der Waals surface area contributed by atoms with Crippen LogP contribution in [0.5, 0.6) is 0 Å². The number of hydrogen-bond acceptors (Lipinski definition) is 7. The van der Waals surface area contributed by atoms with Crippen molar-refractivity contribution in [1.29, 1.82) is 0 Å². The largest absolute Gasteiger partial charge is 0.476 e. The molecule has 1 aliphatic carbocycles. The molecule has 1 heterocycles. The number of hydrogen-bond donors (Lipinski definition) is 4. The molecule has 3 aromatic rings. The van der Waals surface area contributed by atoms with Crippen molar-refractivity contribution >= 4 is 23.4 Å². The standard InChI is InChI=1S/C22H20N2O6S/c25-18(19(26)20-24-17(11-31-20)21(27)28)9-23-22(29)30-10-16-14-7-3-1-5-12(14)13-6-2-4-8-15(13)16/h1-8,11,16,18-19,25-26H,9-10H2,(H,23,29)(H,27,28). The highest BCUT2D eigenvalue weighted by Gasteiger charge is 2.29. The minimum Gasteiger partial charge on any atom is -0.476 e. The summed E-state index contributed by atoms with van der Waals surface area (Å²) in [6.07, 6.45) is -3.52. The van der Waals surface area contributed by atoms with Crippen LogP contribution in [0.25, 0.3) is 11.1 Å². The number of thiazole rings is 1. The Labute approximate surface area is 181 Å². The van der Waals surface area contributed by atoms with Crippen LogP contribution in [0.4, 0.5) is 4.79 Å². The van der Waals surface area contributed by atoms with Crippen LogP contribution < -0.4 is 5.32 Å². The van der Waals surface area contributed by atoms with Crippen molar-refractivity contribution in [2.75, 3.05) is 13.2 Å². The van der Waals surface area contributed by atoms with Gasteiger partial charge in [-0.05, 0) is 22.3 Å². The summed E-state index contributed by atoms with van der Waals surface area (Å²) in [5, 5.41) is 32.9. The minimum atomic E-state index is -1.42. The van der Waals surface area contributed by atoms with Gasteiger partial charge >= 0.3 is 12.1 Å². The van der Waals surface area contributed by atoms with Crippen molar-refractivity contribution < 1.29 is 29.6 Å². The van der Waals surface area contributed by atoms with Gasteiger partial charge in [-0.15, -0.1) is 11.3 Å². The summed E-state index contributed by atoms with van der Waals surface area (Å²) in [6, 6.07) is 16.0. The van der Waals surface area contributed by atoms with E-state index in [1.165, 1.54) is 5.38 Å². The van der Waals surface area contributed by atoms with Gasteiger partial charge in [0.1, 0.15) is 23.8 Å². The Hall–Kier alpha value is -3.27. The average molecular weight is 440 g/mol. The fraction of sp³-hybridized carbons (Fsp3) is 0.227. The number of aliphatic hydroxyl groups is 2. The number of carboxylic acid groups (broad SMARTS) is 1. The summed E-state index contributed by atoms with van der Waals surface area (Å²) >= 11 is 0.917. The second-order valence-electron chi connectivity index (χ2n) is 7.09. The molecule has 2 atom stereocenters. The van der Waals surface area contributed by atoms with E-state index in [1.807, 2.05) is 48.5 Å². The first-order chi connectivity index (χ1) is 15.0. The molecule has 1 aromatic heterocycles. The van der Waals surface area contributed by atoms with Crippen LogP contribution in [0.3, 0.4) is 0 Å². The number of carbonyl (C=O) groups is 2. The number of carbonyl (C=O) groups excluding carboxylic acids is 1. The molecule has 160 valence electrons. The van der Waals surface area contributed by atoms with E-state index in [0.717, 1.165) is 33.6 Å². The first kappa shape index (κ1) is 21.0. The van der Waals surface area contributed by atoms with Crippen molar-refractivity contribution in [2.24, 2.45) is 0 Å². The molecule has 2 unspecified atom stereocenters. The van der Waals surface area contributed by atoms with Gasteiger partial charge in [-0.1, -0.05) is 48.5 Å². The molecule has 0 aliphatic heterocycles. The number of aliphatic hydroxyl groups excluding tert-OH is 2. The second-order valence-corrected chi connectivity index (χ2v) is 7.98.